The Labute approximate surface area is 78.6 Å². The van der Waals surface area contributed by atoms with Gasteiger partial charge in [-0.2, -0.15) is 0 Å². The zero-order chi connectivity index (χ0) is 4.00. The van der Waals surface area contributed by atoms with Gasteiger partial charge in [0.15, 0.2) is 0 Å². The normalized spacial score (nSPS) is 1.60. The molecule has 0 atom stereocenters. The molecule has 0 saturated carbocycles. The van der Waals surface area contributed by atoms with Gasteiger partial charge in [-0.25, -0.2) is 0 Å². The van der Waals surface area contributed by atoms with E-state index in [4.69, 9.17) is 5.79 Å². The average molecular weight is 579 g/mol. The summed E-state index contributed by atoms with van der Waals surface area (Å²) >= 11 is 0.756. The van der Waals surface area contributed by atoms with Gasteiger partial charge in [0.1, 0.15) is 0 Å². The fourth-order valence-electron chi connectivity index (χ4n) is 0. The molecule has 0 aromatic heterocycles. The zero-order valence-corrected chi connectivity index (χ0v) is 14.1. The molecule has 0 rings (SSSR count). The topological polar surface area (TPSA) is 34.1 Å². The van der Waals surface area contributed by atoms with Crippen molar-refractivity contribution in [3.05, 3.63) is 0 Å². The van der Waals surface area contributed by atoms with Crippen molar-refractivity contribution in [2.24, 2.45) is 0 Å². The SMILES string of the molecule is O=[Te].[BiH3].[O]=[Pb]. The molecular formula is H3BiO2PbTe. The van der Waals surface area contributed by atoms with Crippen molar-refractivity contribution in [1.82, 2.24) is 0 Å². The summed E-state index contributed by atoms with van der Waals surface area (Å²) < 4.78 is 16.6. The molecule has 0 saturated heterocycles. The number of hydrogen-bond acceptors (Lipinski definition) is 2. The van der Waals surface area contributed by atoms with E-state index >= 15 is 0 Å². The summed E-state index contributed by atoms with van der Waals surface area (Å²) in [7, 11) is 0. The van der Waals surface area contributed by atoms with Crippen LogP contribution in [0.3, 0.4) is 0 Å². The average Bonchev–Trinajstić information content (AvgIpc) is 1.50. The predicted molar refractivity (Wildman–Crippen MR) is 22.8 cm³/mol. The summed E-state index contributed by atoms with van der Waals surface area (Å²) in [4.78, 5) is 0. The Morgan fingerprint density at radius 3 is 1.20 bits per heavy atom. The molecule has 0 heterocycles. The maximum atomic E-state index is 8.39. The quantitative estimate of drug-likeness (QED) is 0.307. The standard InChI is InChI=1S/Bi.OTe.O.Pb.3H/c;1-2;;;;;. The number of rotatable bonds is 0. The molecule has 0 aliphatic heterocycles. The van der Waals surface area contributed by atoms with Crippen molar-refractivity contribution in [2.75, 3.05) is 0 Å². The summed E-state index contributed by atoms with van der Waals surface area (Å²) in [6.45, 7) is 0. The Hall–Kier alpha value is 2.19. The molecule has 0 unspecified atom stereocenters. The van der Waals surface area contributed by atoms with Gasteiger partial charge in [-0.1, -0.05) is 0 Å². The summed E-state index contributed by atoms with van der Waals surface area (Å²) in [5.41, 5.74) is 0. The van der Waals surface area contributed by atoms with Gasteiger partial charge < -0.3 is 0 Å². The van der Waals surface area contributed by atoms with Crippen LogP contribution in [-0.2, 0) is 5.79 Å². The van der Waals surface area contributed by atoms with E-state index in [-0.39, 0.29) is 52.0 Å². The van der Waals surface area contributed by atoms with Gasteiger partial charge in [0, 0.05) is 0 Å². The van der Waals surface area contributed by atoms with Crippen LogP contribution in [0.4, 0.5) is 0 Å². The first-order chi connectivity index (χ1) is 2.00. The van der Waals surface area contributed by atoms with Crippen LogP contribution in [0.15, 0.2) is 0 Å². The third-order valence-corrected chi connectivity index (χ3v) is 0. The molecule has 0 aliphatic carbocycles. The molecule has 5 heavy (non-hydrogen) atoms. The van der Waals surface area contributed by atoms with Crippen molar-refractivity contribution in [2.45, 2.75) is 0 Å². The van der Waals surface area contributed by atoms with Crippen LogP contribution in [-0.4, -0.2) is 74.3 Å². The van der Waals surface area contributed by atoms with Gasteiger partial charge >= 0.3 is 80.1 Å². The Morgan fingerprint density at radius 2 is 1.20 bits per heavy atom. The van der Waals surface area contributed by atoms with Gasteiger partial charge in [0.25, 0.3) is 0 Å². The van der Waals surface area contributed by atoms with Crippen LogP contribution in [0.1, 0.15) is 0 Å². The van der Waals surface area contributed by atoms with Gasteiger partial charge in [0.05, 0.1) is 0 Å². The number of hydrogen-bond donors (Lipinski definition) is 0. The Balaban J connectivity index is -0.0000000133. The van der Waals surface area contributed by atoms with E-state index in [1.54, 1.807) is 0 Å². The van der Waals surface area contributed by atoms with Crippen molar-refractivity contribution in [1.29, 1.82) is 0 Å². The molecule has 2 radical (unpaired) electrons. The maximum absolute atomic E-state index is 8.39. The third-order valence-electron chi connectivity index (χ3n) is 0. The van der Waals surface area contributed by atoms with E-state index in [0.717, 1.165) is 0 Å². The van der Waals surface area contributed by atoms with E-state index < -0.39 is 0 Å². The first-order valence-corrected chi connectivity index (χ1v) is 2.91. The van der Waals surface area contributed by atoms with Gasteiger partial charge in [0.2, 0.25) is 0 Å². The molecule has 0 bridgehead atoms. The second-order valence-corrected chi connectivity index (χ2v) is 0. The molecule has 5 heteroatoms. The molecule has 0 amide bonds. The monoisotopic (exact) mass is 582 g/mol. The second kappa shape index (κ2) is 34.7. The molecule has 0 fully saturated rings. The van der Waals surface area contributed by atoms with Crippen LogP contribution in [0, 0.1) is 0 Å². The fourth-order valence-corrected chi connectivity index (χ4v) is 0. The van der Waals surface area contributed by atoms with E-state index in [1.807, 2.05) is 0 Å². The van der Waals surface area contributed by atoms with Crippen molar-refractivity contribution < 1.29 is 5.79 Å². The van der Waals surface area contributed by atoms with Crippen LogP contribution in [0.5, 0.6) is 0 Å². The van der Waals surface area contributed by atoms with E-state index in [9.17, 15) is 0 Å². The summed E-state index contributed by atoms with van der Waals surface area (Å²) in [5.74, 6) is 0. The molecule has 30 valence electrons. The van der Waals surface area contributed by atoms with Gasteiger partial charge in [-0.05, 0) is 0 Å². The zero-order valence-electron chi connectivity index (χ0n) is 2.43. The summed E-state index contributed by atoms with van der Waals surface area (Å²) in [6.07, 6.45) is 0. The molecule has 0 spiro atoms. The van der Waals surface area contributed by atoms with Crippen LogP contribution in [0.2, 0.25) is 0 Å². The first-order valence-electron chi connectivity index (χ1n) is 0.371. The minimum atomic E-state index is 0. The first kappa shape index (κ1) is 15.7. The summed E-state index contributed by atoms with van der Waals surface area (Å²) in [5, 5.41) is 0. The summed E-state index contributed by atoms with van der Waals surface area (Å²) in [6, 6.07) is 0. The fraction of sp³-hybridized carbons (Fsp3) is 0. The Bertz CT molecular complexity index is 11.6. The minimum absolute atomic E-state index is 0. The molecule has 0 aromatic carbocycles. The van der Waals surface area contributed by atoms with E-state index in [2.05, 4.69) is 0 Å². The van der Waals surface area contributed by atoms with Gasteiger partial charge in [-0.15, -0.1) is 0 Å². The van der Waals surface area contributed by atoms with Crippen molar-refractivity contribution >= 4 is 74.3 Å². The molecule has 0 aromatic rings. The third kappa shape index (κ3) is 22.6. The predicted octanol–water partition coefficient (Wildman–Crippen LogP) is -2.18. The van der Waals surface area contributed by atoms with Crippen molar-refractivity contribution in [3.8, 4) is 0 Å². The molecule has 0 N–H and O–H groups in total. The second-order valence-electron chi connectivity index (χ2n) is 0. The van der Waals surface area contributed by atoms with Gasteiger partial charge in [-0.3, -0.25) is 0 Å². The Morgan fingerprint density at radius 1 is 1.20 bits per heavy atom. The van der Waals surface area contributed by atoms with Crippen molar-refractivity contribution in [3.63, 3.8) is 0 Å². The van der Waals surface area contributed by atoms with Crippen LogP contribution in [0.25, 0.3) is 0 Å². The van der Waals surface area contributed by atoms with Crippen LogP contribution >= 0.6 is 0 Å². The van der Waals surface area contributed by atoms with Crippen LogP contribution < -0.4 is 0 Å². The molecular weight excluding hydrogens is 576 g/mol. The van der Waals surface area contributed by atoms with E-state index in [1.165, 1.54) is 0 Å². The Kier molecular flexibility index (Phi) is 109. The molecule has 0 aliphatic rings. The van der Waals surface area contributed by atoms with E-state index in [0.29, 0.717) is 22.3 Å². The molecule has 2 nitrogen and oxygen atoms in total.